The summed E-state index contributed by atoms with van der Waals surface area (Å²) < 4.78 is 0.935. The molecule has 15 heteroatoms. The predicted molar refractivity (Wildman–Crippen MR) is 174 cm³/mol. The molecule has 3 aromatic rings. The average molecular weight is 687 g/mol. The van der Waals surface area contributed by atoms with Crippen LogP contribution in [0.3, 0.4) is 0 Å². The highest BCUT2D eigenvalue weighted by atomic mass is 35.5. The summed E-state index contributed by atoms with van der Waals surface area (Å²) >= 11 is 13.0. The minimum atomic E-state index is -1.59. The van der Waals surface area contributed by atoms with Gasteiger partial charge in [0.2, 0.25) is 0 Å². The summed E-state index contributed by atoms with van der Waals surface area (Å²) in [5.74, 6) is -8.91. The fourth-order valence-corrected chi connectivity index (χ4v) is 8.00. The number of hydrogen-bond donors (Lipinski definition) is 6. The molecule has 46 heavy (non-hydrogen) atoms. The first kappa shape index (κ1) is 31.8. The van der Waals surface area contributed by atoms with Gasteiger partial charge in [-0.2, -0.15) is 3.94 Å². The molecular weight excluding hydrogens is 657 g/mol. The smallest absolute Gasteiger partial charge is 0.255 e. The van der Waals surface area contributed by atoms with E-state index in [0.717, 1.165) is 9.50 Å². The van der Waals surface area contributed by atoms with Crippen LogP contribution in [0.4, 0.5) is 16.5 Å². The number of primary amides is 1. The lowest BCUT2D eigenvalue weighted by molar-refractivity contribution is -0.143. The molecule has 3 aliphatic rings. The van der Waals surface area contributed by atoms with Gasteiger partial charge in [-0.25, -0.2) is 4.98 Å². The molecule has 1 heterocycles. The number of aromatic hydroxyl groups is 1. The maximum absolute atomic E-state index is 14.1. The lowest BCUT2D eigenvalue weighted by Crippen LogP contribution is -2.61. The molecule has 0 radical (unpaired) electrons. The van der Waals surface area contributed by atoms with E-state index >= 15 is 0 Å². The highest BCUT2D eigenvalue weighted by Crippen LogP contribution is 2.55. The minimum Gasteiger partial charge on any atom is -0.510 e. The number of phenolic OH excluding ortho intramolecular Hbond substituents is 1. The van der Waals surface area contributed by atoms with Crippen LogP contribution in [0.2, 0.25) is 0 Å². The Hall–Kier alpha value is -4.14. The molecule has 0 saturated heterocycles. The third-order valence-corrected chi connectivity index (χ3v) is 10.2. The van der Waals surface area contributed by atoms with E-state index in [0.29, 0.717) is 22.1 Å². The predicted octanol–water partition coefficient (Wildman–Crippen LogP) is 4.36. The number of carbonyl (C=O) groups is 3. The number of rotatable bonds is 6. The Labute approximate surface area is 277 Å². The molecule has 0 bridgehead atoms. The Morgan fingerprint density at radius 1 is 1.09 bits per heavy atom. The number of nitrogens with one attached hydrogen (secondary N) is 1. The molecule has 1 amide bonds. The fourth-order valence-electron chi connectivity index (χ4n) is 7.06. The summed E-state index contributed by atoms with van der Waals surface area (Å²) in [6.07, 6.45) is -1.40. The van der Waals surface area contributed by atoms with Crippen LogP contribution >= 0.6 is 34.9 Å². The fraction of sp³-hybridized carbons (Fsp3) is 0.290. The molecule has 1 aromatic heterocycles. The second kappa shape index (κ2) is 11.6. The number of aliphatic hydroxyl groups is 3. The monoisotopic (exact) mass is 685 g/mol. The summed E-state index contributed by atoms with van der Waals surface area (Å²) in [7, 11) is 3.16. The third kappa shape index (κ3) is 4.81. The number of halogens is 2. The highest BCUT2D eigenvalue weighted by Gasteiger charge is 2.60. The van der Waals surface area contributed by atoms with Gasteiger partial charge in [0.15, 0.2) is 16.7 Å². The van der Waals surface area contributed by atoms with Gasteiger partial charge in [0.25, 0.3) is 5.91 Å². The molecule has 1 fully saturated rings. The number of nitrogens with two attached hydrogens (primary N) is 1. The number of likely N-dealkylation sites (N-methyl/N-ethyl adjacent to an activating group) is 1. The van der Waals surface area contributed by atoms with Crippen LogP contribution in [0, 0.1) is 17.8 Å². The highest BCUT2D eigenvalue weighted by molar-refractivity contribution is 7.14. The maximum atomic E-state index is 14.1. The van der Waals surface area contributed by atoms with Crippen LogP contribution in [0.15, 0.2) is 58.7 Å². The summed E-state index contributed by atoms with van der Waals surface area (Å²) in [6.45, 7) is 1.74. The van der Waals surface area contributed by atoms with E-state index < -0.39 is 70.4 Å². The third-order valence-electron chi connectivity index (χ3n) is 9.08. The lowest BCUT2D eigenvalue weighted by atomic mass is 9.56. The van der Waals surface area contributed by atoms with Crippen molar-refractivity contribution in [2.24, 2.45) is 23.5 Å². The van der Waals surface area contributed by atoms with Gasteiger partial charge in [0, 0.05) is 51.9 Å². The Bertz CT molecular complexity index is 1870. The van der Waals surface area contributed by atoms with Crippen molar-refractivity contribution in [3.05, 3.63) is 69.8 Å². The van der Waals surface area contributed by atoms with E-state index in [1.165, 1.54) is 16.2 Å². The van der Waals surface area contributed by atoms with E-state index in [1.807, 2.05) is 6.07 Å². The second-order valence-corrected chi connectivity index (χ2v) is 13.5. The molecule has 7 N–H and O–H groups in total. The first-order valence-electron chi connectivity index (χ1n) is 14.1. The molecule has 0 spiro atoms. The summed E-state index contributed by atoms with van der Waals surface area (Å²) in [5, 5.41) is 50.9. The summed E-state index contributed by atoms with van der Waals surface area (Å²) in [6, 6.07) is 9.28. The van der Waals surface area contributed by atoms with Gasteiger partial charge in [0.05, 0.1) is 40.7 Å². The molecule has 6 rings (SSSR count). The van der Waals surface area contributed by atoms with Crippen LogP contribution in [0.5, 0.6) is 5.75 Å². The molecule has 12 nitrogen and oxygen atoms in total. The summed E-state index contributed by atoms with van der Waals surface area (Å²) in [5.41, 5.74) is 7.00. The quantitative estimate of drug-likeness (QED) is 0.0936. The van der Waals surface area contributed by atoms with Gasteiger partial charge in [0.1, 0.15) is 22.8 Å². The first-order chi connectivity index (χ1) is 21.7. The SMILES string of the molecule is C[C@H]1c2ccc(Nc3nc(-c4cccc(N(Cl)Cl)c4)cs3)c(O)c2C(O)=C2C(=O)C3C(=O)C(C(N)=O)=C(O)[C@@H](N(C)C)C3[C@@H](O)C21. The van der Waals surface area contributed by atoms with E-state index in [4.69, 9.17) is 29.3 Å². The molecule has 6 atom stereocenters. The molecule has 0 aliphatic heterocycles. The zero-order valence-corrected chi connectivity index (χ0v) is 26.9. The van der Waals surface area contributed by atoms with Crippen molar-refractivity contribution in [2.75, 3.05) is 23.4 Å². The number of thiazole rings is 1. The number of Topliss-reactive ketones (excluding diaryl/α,β-unsaturated/α-hetero) is 2. The van der Waals surface area contributed by atoms with Crippen LogP contribution in [-0.2, 0) is 14.4 Å². The van der Waals surface area contributed by atoms with Gasteiger partial charge < -0.3 is 31.5 Å². The van der Waals surface area contributed by atoms with E-state index in [1.54, 1.807) is 56.7 Å². The number of ketones is 2. The molecular formula is C31H29Cl2N5O7S. The van der Waals surface area contributed by atoms with Gasteiger partial charge in [-0.05, 0) is 43.8 Å². The van der Waals surface area contributed by atoms with Crippen molar-refractivity contribution >= 4 is 74.6 Å². The molecule has 3 unspecified atom stereocenters. The van der Waals surface area contributed by atoms with Gasteiger partial charge in [-0.3, -0.25) is 19.3 Å². The number of fused-ring (bicyclic) bond motifs is 3. The number of benzene rings is 2. The number of carbonyl (C=O) groups excluding carboxylic acids is 3. The number of aromatic nitrogens is 1. The average Bonchev–Trinajstić information content (AvgIpc) is 3.46. The van der Waals surface area contributed by atoms with Gasteiger partial charge in [-0.15, -0.1) is 11.3 Å². The maximum Gasteiger partial charge on any atom is 0.255 e. The Kier molecular flexibility index (Phi) is 8.02. The van der Waals surface area contributed by atoms with E-state index in [2.05, 4.69) is 10.3 Å². The zero-order valence-electron chi connectivity index (χ0n) is 24.6. The summed E-state index contributed by atoms with van der Waals surface area (Å²) in [4.78, 5) is 45.9. The van der Waals surface area contributed by atoms with Crippen molar-refractivity contribution in [3.63, 3.8) is 0 Å². The Balaban J connectivity index is 1.40. The topological polar surface area (TPSA) is 190 Å². The Morgan fingerprint density at radius 2 is 1.80 bits per heavy atom. The standard InChI is InChI=1S/C31H29Cl2N5O7S/c1-11-14-7-8-15(35-31-36-16(10-46-31)12-5-4-6-13(9-12)38(32)33)24(39)18(14)26(41)20-17(11)25(40)19-21(27(20)42)28(43)22(30(34)45)29(44)23(19)37(2)3/h4-11,17,19,21,23,25,39-41,44H,1-3H3,(H2,34,45)(H,35,36)/t11-,17?,19?,21?,23-,25-/m0/s1. The van der Waals surface area contributed by atoms with Crippen molar-refractivity contribution in [1.82, 2.24) is 9.88 Å². The van der Waals surface area contributed by atoms with Crippen LogP contribution in [0.1, 0.15) is 24.0 Å². The van der Waals surface area contributed by atoms with E-state index in [-0.39, 0.29) is 22.6 Å². The van der Waals surface area contributed by atoms with Gasteiger partial charge >= 0.3 is 0 Å². The number of amides is 1. The molecule has 2 aromatic carbocycles. The van der Waals surface area contributed by atoms with Crippen LogP contribution in [-0.4, -0.2) is 74.0 Å². The second-order valence-electron chi connectivity index (χ2n) is 11.8. The molecule has 1 saturated carbocycles. The van der Waals surface area contributed by atoms with Crippen molar-refractivity contribution < 1.29 is 34.8 Å². The molecule has 240 valence electrons. The van der Waals surface area contributed by atoms with Crippen molar-refractivity contribution in [1.29, 1.82) is 0 Å². The van der Waals surface area contributed by atoms with Gasteiger partial charge in [-0.1, -0.05) is 25.1 Å². The van der Waals surface area contributed by atoms with Crippen molar-refractivity contribution in [3.8, 4) is 17.0 Å². The number of aliphatic hydroxyl groups excluding tert-OH is 3. The lowest BCUT2D eigenvalue weighted by Gasteiger charge is -2.50. The van der Waals surface area contributed by atoms with Crippen LogP contribution in [0.25, 0.3) is 17.0 Å². The Morgan fingerprint density at radius 3 is 2.46 bits per heavy atom. The number of anilines is 3. The number of phenols is 1. The molecule has 3 aliphatic carbocycles. The minimum absolute atomic E-state index is 0.0301. The number of nitrogens with zero attached hydrogens (tertiary/aromatic N) is 3. The van der Waals surface area contributed by atoms with E-state index in [9.17, 15) is 34.8 Å². The van der Waals surface area contributed by atoms with Crippen molar-refractivity contribution in [2.45, 2.75) is 25.0 Å². The number of hydrogen-bond acceptors (Lipinski definition) is 12. The van der Waals surface area contributed by atoms with Crippen LogP contribution < -0.4 is 15.0 Å². The normalized spacial score (nSPS) is 25.7. The zero-order chi connectivity index (χ0) is 33.4. The largest absolute Gasteiger partial charge is 0.510 e. The first-order valence-corrected chi connectivity index (χ1v) is 15.7.